The Balaban J connectivity index is 1.40. The Morgan fingerprint density at radius 3 is 2.73 bits per heavy atom. The number of benzene rings is 2. The molecule has 1 aromatic heterocycles. The van der Waals surface area contributed by atoms with Crippen LogP contribution in [0.4, 0.5) is 14.5 Å². The molecule has 1 amide bonds. The van der Waals surface area contributed by atoms with Gasteiger partial charge in [0.05, 0.1) is 17.9 Å². The molecule has 4 nitrogen and oxygen atoms in total. The van der Waals surface area contributed by atoms with Gasteiger partial charge in [0, 0.05) is 36.0 Å². The van der Waals surface area contributed by atoms with Crippen LogP contribution in [0.5, 0.6) is 5.75 Å². The fraction of sp³-hybridized carbons (Fsp3) is 0.250. The molecule has 0 atom stereocenters. The molecular weight excluding hydrogens is 386 g/mol. The number of anilines is 1. The second-order valence-corrected chi connectivity index (χ2v) is 7.41. The van der Waals surface area contributed by atoms with E-state index in [0.717, 1.165) is 35.5 Å². The van der Waals surface area contributed by atoms with Gasteiger partial charge in [-0.05, 0) is 60.9 Å². The van der Waals surface area contributed by atoms with Gasteiger partial charge in [0.25, 0.3) is 11.8 Å². The lowest BCUT2D eigenvalue weighted by Gasteiger charge is -2.12. The second kappa shape index (κ2) is 8.17. The molecule has 2 N–H and O–H groups in total. The maximum Gasteiger partial charge on any atom is 0.270 e. The summed E-state index contributed by atoms with van der Waals surface area (Å²) < 4.78 is 32.3. The summed E-state index contributed by atoms with van der Waals surface area (Å²) in [5.41, 5.74) is 6.34. The molecule has 0 saturated heterocycles. The van der Waals surface area contributed by atoms with Crippen LogP contribution in [0.2, 0.25) is 0 Å². The van der Waals surface area contributed by atoms with E-state index in [-0.39, 0.29) is 11.5 Å². The molecule has 1 heterocycles. The van der Waals surface area contributed by atoms with E-state index in [2.05, 4.69) is 16.0 Å². The van der Waals surface area contributed by atoms with Gasteiger partial charge in [0.1, 0.15) is 5.75 Å². The Morgan fingerprint density at radius 1 is 1.23 bits per heavy atom. The first-order valence-corrected chi connectivity index (χ1v) is 9.87. The van der Waals surface area contributed by atoms with Crippen LogP contribution in [-0.4, -0.2) is 17.5 Å². The third kappa shape index (κ3) is 4.44. The van der Waals surface area contributed by atoms with Crippen LogP contribution in [-0.2, 0) is 17.1 Å². The lowest BCUT2D eigenvalue weighted by Crippen LogP contribution is -2.12. The number of hydrogen-bond acceptors (Lipinski definition) is 2. The number of fused-ring (bicyclic) bond motifs is 1. The minimum atomic E-state index is -2.86. The molecule has 154 valence electrons. The summed E-state index contributed by atoms with van der Waals surface area (Å²) in [5.74, 6) is -2.43. The van der Waals surface area contributed by atoms with Crippen molar-refractivity contribution in [3.05, 3.63) is 77.2 Å². The van der Waals surface area contributed by atoms with Gasteiger partial charge in [-0.1, -0.05) is 6.07 Å². The molecule has 0 fully saturated rings. The SMILES string of the molecule is CC(F)(F)c1ccc(OCCc2ccc3[nH]cc(NC(=O)C4=C=CCC4)c3c2)cc1. The van der Waals surface area contributed by atoms with Crippen LogP contribution in [0.3, 0.4) is 0 Å². The van der Waals surface area contributed by atoms with Gasteiger partial charge in [0.15, 0.2) is 0 Å². The average Bonchev–Trinajstić information content (AvgIpc) is 3.38. The summed E-state index contributed by atoms with van der Waals surface area (Å²) in [7, 11) is 0. The predicted molar refractivity (Wildman–Crippen MR) is 113 cm³/mol. The molecule has 2 aromatic carbocycles. The molecule has 4 rings (SSSR count). The number of hydrogen-bond donors (Lipinski definition) is 2. The zero-order valence-electron chi connectivity index (χ0n) is 16.6. The number of halogens is 2. The van der Waals surface area contributed by atoms with E-state index >= 15 is 0 Å². The molecule has 0 radical (unpaired) electrons. The first-order valence-electron chi connectivity index (χ1n) is 9.87. The highest BCUT2D eigenvalue weighted by molar-refractivity contribution is 6.08. The maximum atomic E-state index is 13.3. The van der Waals surface area contributed by atoms with Crippen LogP contribution in [0, 0.1) is 0 Å². The third-order valence-corrected chi connectivity index (χ3v) is 5.10. The smallest absolute Gasteiger partial charge is 0.270 e. The van der Waals surface area contributed by atoms with Crippen molar-refractivity contribution in [2.24, 2.45) is 0 Å². The summed E-state index contributed by atoms with van der Waals surface area (Å²) in [6.45, 7) is 1.29. The lowest BCUT2D eigenvalue weighted by molar-refractivity contribution is -0.112. The molecular formula is C24H22F2N2O2. The Kier molecular flexibility index (Phi) is 5.42. The molecule has 1 aliphatic carbocycles. The van der Waals surface area contributed by atoms with Gasteiger partial charge in [0.2, 0.25) is 0 Å². The number of rotatable bonds is 7. The van der Waals surface area contributed by atoms with E-state index in [4.69, 9.17) is 4.74 Å². The molecule has 6 heteroatoms. The van der Waals surface area contributed by atoms with Crippen LogP contribution in [0.25, 0.3) is 10.9 Å². The molecule has 0 spiro atoms. The monoisotopic (exact) mass is 408 g/mol. The van der Waals surface area contributed by atoms with Crippen molar-refractivity contribution >= 4 is 22.5 Å². The number of alkyl halides is 2. The van der Waals surface area contributed by atoms with Crippen molar-refractivity contribution in [1.29, 1.82) is 0 Å². The summed E-state index contributed by atoms with van der Waals surface area (Å²) in [6, 6.07) is 11.9. The van der Waals surface area contributed by atoms with Gasteiger partial charge in [-0.15, -0.1) is 5.73 Å². The zero-order chi connectivity index (χ0) is 21.1. The van der Waals surface area contributed by atoms with Crippen molar-refractivity contribution in [1.82, 2.24) is 4.98 Å². The van der Waals surface area contributed by atoms with Crippen molar-refractivity contribution in [2.45, 2.75) is 32.1 Å². The van der Waals surface area contributed by atoms with Gasteiger partial charge < -0.3 is 15.0 Å². The summed E-state index contributed by atoms with van der Waals surface area (Å²) in [6.07, 6.45) is 5.88. The van der Waals surface area contributed by atoms with Crippen LogP contribution >= 0.6 is 0 Å². The number of aromatic nitrogens is 1. The number of ether oxygens (including phenoxy) is 1. The first-order chi connectivity index (χ1) is 14.4. The zero-order valence-corrected chi connectivity index (χ0v) is 16.6. The molecule has 0 aliphatic heterocycles. The van der Waals surface area contributed by atoms with Crippen molar-refractivity contribution in [3.8, 4) is 5.75 Å². The van der Waals surface area contributed by atoms with Crippen molar-refractivity contribution in [2.75, 3.05) is 11.9 Å². The Bertz CT molecular complexity index is 1130. The Labute approximate surface area is 173 Å². The molecule has 0 unspecified atom stereocenters. The van der Waals surface area contributed by atoms with Gasteiger partial charge in [-0.3, -0.25) is 4.79 Å². The molecule has 3 aromatic rings. The van der Waals surface area contributed by atoms with Crippen LogP contribution in [0.15, 0.2) is 66.0 Å². The van der Waals surface area contributed by atoms with E-state index in [9.17, 15) is 13.6 Å². The van der Waals surface area contributed by atoms with E-state index in [1.807, 2.05) is 24.3 Å². The largest absolute Gasteiger partial charge is 0.493 e. The van der Waals surface area contributed by atoms with E-state index < -0.39 is 5.92 Å². The van der Waals surface area contributed by atoms with E-state index in [1.165, 1.54) is 12.1 Å². The maximum absolute atomic E-state index is 13.3. The minimum Gasteiger partial charge on any atom is -0.493 e. The normalized spacial score (nSPS) is 13.5. The van der Waals surface area contributed by atoms with E-state index in [1.54, 1.807) is 18.3 Å². The standard InChI is InChI=1S/C24H22F2N2O2/c1-24(25,26)18-7-9-19(10-8-18)30-13-12-16-6-11-21-20(14-16)22(15-27-21)28-23(29)17-4-2-3-5-17/h2,6-11,14-15,27H,3,5,12-13H2,1H3,(H,28,29). The first kappa shape index (κ1) is 19.9. The quantitative estimate of drug-likeness (QED) is 0.492. The van der Waals surface area contributed by atoms with Crippen LogP contribution in [0.1, 0.15) is 30.9 Å². The highest BCUT2D eigenvalue weighted by Crippen LogP contribution is 2.29. The van der Waals surface area contributed by atoms with Crippen LogP contribution < -0.4 is 10.1 Å². The number of carbonyl (C=O) groups is 1. The Hall–Kier alpha value is -3.37. The Morgan fingerprint density at radius 2 is 2.03 bits per heavy atom. The van der Waals surface area contributed by atoms with Crippen molar-refractivity contribution in [3.63, 3.8) is 0 Å². The number of nitrogens with one attached hydrogen (secondary N) is 2. The lowest BCUT2D eigenvalue weighted by atomic mass is 10.1. The van der Waals surface area contributed by atoms with Gasteiger partial charge in [-0.2, -0.15) is 0 Å². The van der Waals surface area contributed by atoms with Gasteiger partial charge >= 0.3 is 0 Å². The number of H-pyrrole nitrogens is 1. The molecule has 1 aliphatic rings. The summed E-state index contributed by atoms with van der Waals surface area (Å²) in [5, 5.41) is 3.88. The predicted octanol–water partition coefficient (Wildman–Crippen LogP) is 5.71. The van der Waals surface area contributed by atoms with E-state index in [0.29, 0.717) is 30.8 Å². The molecule has 30 heavy (non-hydrogen) atoms. The summed E-state index contributed by atoms with van der Waals surface area (Å²) >= 11 is 0. The fourth-order valence-corrected chi connectivity index (χ4v) is 3.42. The summed E-state index contributed by atoms with van der Waals surface area (Å²) in [4.78, 5) is 15.5. The highest BCUT2D eigenvalue weighted by Gasteiger charge is 2.23. The van der Waals surface area contributed by atoms with Gasteiger partial charge in [-0.25, -0.2) is 8.78 Å². The third-order valence-electron chi connectivity index (χ3n) is 5.10. The fourth-order valence-electron chi connectivity index (χ4n) is 3.42. The second-order valence-electron chi connectivity index (χ2n) is 7.41. The molecule has 0 bridgehead atoms. The number of amides is 1. The minimum absolute atomic E-state index is 0.0359. The number of carbonyl (C=O) groups excluding carboxylic acids is 1. The topological polar surface area (TPSA) is 54.1 Å². The molecule has 0 saturated carbocycles. The van der Waals surface area contributed by atoms with Crippen molar-refractivity contribution < 1.29 is 18.3 Å². The highest BCUT2D eigenvalue weighted by atomic mass is 19.3. The average molecular weight is 408 g/mol. The number of aromatic amines is 1.